The minimum Gasteiger partial charge on any atom is -0.356 e. The van der Waals surface area contributed by atoms with Crippen molar-refractivity contribution in [2.24, 2.45) is 0 Å². The van der Waals surface area contributed by atoms with Gasteiger partial charge in [0.05, 0.1) is 0 Å². The number of hydrogen-bond acceptors (Lipinski definition) is 2. The van der Waals surface area contributed by atoms with Gasteiger partial charge in [0.15, 0.2) is 0 Å². The Morgan fingerprint density at radius 1 is 1.40 bits per heavy atom. The summed E-state index contributed by atoms with van der Waals surface area (Å²) in [6, 6.07) is 2.28. The highest BCUT2D eigenvalue weighted by Crippen LogP contribution is 2.14. The van der Waals surface area contributed by atoms with Gasteiger partial charge < -0.3 is 10.2 Å². The van der Waals surface area contributed by atoms with Gasteiger partial charge in [-0.1, -0.05) is 42.1 Å². The molecule has 0 aliphatic heterocycles. The van der Waals surface area contributed by atoms with Gasteiger partial charge in [0.1, 0.15) is 15.7 Å². The lowest BCUT2D eigenvalue weighted by atomic mass is 9.79. The maximum atomic E-state index is 4.08. The van der Waals surface area contributed by atoms with Crippen molar-refractivity contribution in [3.63, 3.8) is 0 Å². The van der Waals surface area contributed by atoms with Crippen molar-refractivity contribution in [3.8, 4) is 0 Å². The summed E-state index contributed by atoms with van der Waals surface area (Å²) in [5.41, 5.74) is 7.54. The fourth-order valence-electron chi connectivity index (χ4n) is 2.33. The summed E-state index contributed by atoms with van der Waals surface area (Å²) in [5, 5.41) is 3.44. The number of likely N-dealkylation sites (N-methyl/N-ethyl adjacent to an activating group) is 1. The van der Waals surface area contributed by atoms with Crippen molar-refractivity contribution in [3.05, 3.63) is 41.6 Å². The molecule has 0 fully saturated rings. The molecule has 106 valence electrons. The van der Waals surface area contributed by atoms with E-state index in [1.807, 2.05) is 6.08 Å². The number of aryl methyl sites for hydroxylation is 1. The van der Waals surface area contributed by atoms with Crippen molar-refractivity contribution in [1.82, 2.24) is 4.90 Å². The van der Waals surface area contributed by atoms with Gasteiger partial charge in [0.25, 0.3) is 0 Å². The molecule has 0 atom stereocenters. The van der Waals surface area contributed by atoms with Crippen molar-refractivity contribution in [2.45, 2.75) is 20.3 Å². The molecule has 20 heavy (non-hydrogen) atoms. The van der Waals surface area contributed by atoms with Crippen molar-refractivity contribution < 1.29 is 0 Å². The molecule has 0 unspecified atom stereocenters. The third kappa shape index (κ3) is 4.31. The van der Waals surface area contributed by atoms with E-state index in [0.29, 0.717) is 0 Å². The van der Waals surface area contributed by atoms with Crippen LogP contribution in [0, 0.1) is 6.92 Å². The van der Waals surface area contributed by atoms with Crippen LogP contribution in [0.3, 0.4) is 0 Å². The van der Waals surface area contributed by atoms with E-state index < -0.39 is 0 Å². The Kier molecular flexibility index (Phi) is 6.15. The summed E-state index contributed by atoms with van der Waals surface area (Å²) in [5.74, 6) is 0. The SMILES string of the molecule is Bc1cc(CC)c(B)c(C)c1NC(=C)/C=C\CN(C)C. The maximum Gasteiger partial charge on any atom is 0.142 e. The maximum absolute atomic E-state index is 4.08. The quantitative estimate of drug-likeness (QED) is 0.582. The number of hydrogen-bond donors (Lipinski definition) is 1. The zero-order valence-electron chi connectivity index (χ0n) is 13.8. The highest BCUT2D eigenvalue weighted by atomic mass is 15.0. The minimum atomic E-state index is 0.923. The van der Waals surface area contributed by atoms with Crippen molar-refractivity contribution in [1.29, 1.82) is 0 Å². The number of rotatable bonds is 6. The molecule has 0 spiro atoms. The lowest BCUT2D eigenvalue weighted by molar-refractivity contribution is 0.456. The van der Waals surface area contributed by atoms with Crippen LogP contribution in [0.25, 0.3) is 0 Å². The second-order valence-electron chi connectivity index (χ2n) is 5.65. The van der Waals surface area contributed by atoms with Gasteiger partial charge >= 0.3 is 0 Å². The molecule has 0 aromatic heterocycles. The number of allylic oxidation sites excluding steroid dienone is 1. The monoisotopic (exact) mass is 268 g/mol. The van der Waals surface area contributed by atoms with Crippen molar-refractivity contribution >= 4 is 32.3 Å². The lowest BCUT2D eigenvalue weighted by Gasteiger charge is -2.18. The zero-order chi connectivity index (χ0) is 15.3. The third-order valence-corrected chi connectivity index (χ3v) is 3.66. The standard InChI is InChI=1S/C16H26B2N2/c1-6-13-10-14(17)16(12(3)15(13)18)19-11(2)8-7-9-20(4)5/h7-8,10,19H,2,6,9,17-18H2,1,3-5H3/b8-7-. The Morgan fingerprint density at radius 2 is 2.05 bits per heavy atom. The summed E-state index contributed by atoms with van der Waals surface area (Å²) in [6.07, 6.45) is 5.24. The summed E-state index contributed by atoms with van der Waals surface area (Å²) in [4.78, 5) is 2.13. The van der Waals surface area contributed by atoms with E-state index in [1.165, 1.54) is 27.7 Å². The molecule has 0 saturated carbocycles. The minimum absolute atomic E-state index is 0.923. The first-order chi connectivity index (χ1) is 9.36. The van der Waals surface area contributed by atoms with E-state index in [-0.39, 0.29) is 0 Å². The van der Waals surface area contributed by atoms with Crippen LogP contribution in [0.5, 0.6) is 0 Å². The van der Waals surface area contributed by atoms with Crippen LogP contribution in [0.2, 0.25) is 0 Å². The Bertz CT molecular complexity index is 520. The number of anilines is 1. The van der Waals surface area contributed by atoms with Crippen LogP contribution in [0.4, 0.5) is 5.69 Å². The summed E-state index contributed by atoms with van der Waals surface area (Å²) in [6.45, 7) is 9.39. The normalized spacial score (nSPS) is 11.2. The van der Waals surface area contributed by atoms with Crippen LogP contribution >= 0.6 is 0 Å². The first-order valence-corrected chi connectivity index (χ1v) is 7.23. The Labute approximate surface area is 125 Å². The van der Waals surface area contributed by atoms with Gasteiger partial charge in [-0.3, -0.25) is 0 Å². The largest absolute Gasteiger partial charge is 0.356 e. The Morgan fingerprint density at radius 3 is 2.60 bits per heavy atom. The highest BCUT2D eigenvalue weighted by molar-refractivity contribution is 6.40. The molecule has 0 aliphatic carbocycles. The topological polar surface area (TPSA) is 15.3 Å². The van der Waals surface area contributed by atoms with Gasteiger partial charge in [-0.15, -0.1) is 0 Å². The number of nitrogens with zero attached hydrogens (tertiary/aromatic N) is 1. The second-order valence-corrected chi connectivity index (χ2v) is 5.65. The number of benzene rings is 1. The first kappa shape index (κ1) is 16.6. The Hall–Kier alpha value is -1.41. The highest BCUT2D eigenvalue weighted by Gasteiger charge is 2.08. The van der Waals surface area contributed by atoms with Crippen LogP contribution < -0.4 is 16.2 Å². The van der Waals surface area contributed by atoms with Gasteiger partial charge in [0.2, 0.25) is 0 Å². The van der Waals surface area contributed by atoms with Crippen LogP contribution in [0.1, 0.15) is 18.1 Å². The Balaban J connectivity index is 2.90. The van der Waals surface area contributed by atoms with Gasteiger partial charge in [-0.05, 0) is 39.1 Å². The van der Waals surface area contributed by atoms with Gasteiger partial charge in [0, 0.05) is 17.9 Å². The average Bonchev–Trinajstić information content (AvgIpc) is 2.38. The summed E-state index contributed by atoms with van der Waals surface area (Å²) >= 11 is 0. The van der Waals surface area contributed by atoms with Gasteiger partial charge in [-0.25, -0.2) is 0 Å². The molecule has 0 bridgehead atoms. The molecule has 0 aliphatic rings. The molecule has 0 heterocycles. The predicted octanol–water partition coefficient (Wildman–Crippen LogP) is 0.118. The van der Waals surface area contributed by atoms with E-state index in [4.69, 9.17) is 0 Å². The molecule has 1 aromatic rings. The van der Waals surface area contributed by atoms with Crippen LogP contribution in [0.15, 0.2) is 30.5 Å². The fourth-order valence-corrected chi connectivity index (χ4v) is 2.33. The molecule has 4 heteroatoms. The first-order valence-electron chi connectivity index (χ1n) is 7.23. The van der Waals surface area contributed by atoms with Crippen LogP contribution in [-0.4, -0.2) is 41.2 Å². The van der Waals surface area contributed by atoms with E-state index in [2.05, 4.69) is 72.6 Å². The fraction of sp³-hybridized carbons (Fsp3) is 0.375. The van der Waals surface area contributed by atoms with Crippen LogP contribution in [-0.2, 0) is 6.42 Å². The van der Waals surface area contributed by atoms with E-state index >= 15 is 0 Å². The lowest BCUT2D eigenvalue weighted by Crippen LogP contribution is -2.24. The molecule has 0 amide bonds. The second kappa shape index (κ2) is 7.39. The van der Waals surface area contributed by atoms with Crippen molar-refractivity contribution in [2.75, 3.05) is 26.0 Å². The van der Waals surface area contributed by atoms with E-state index in [9.17, 15) is 0 Å². The van der Waals surface area contributed by atoms with Gasteiger partial charge in [-0.2, -0.15) is 0 Å². The smallest absolute Gasteiger partial charge is 0.142 e. The summed E-state index contributed by atoms with van der Waals surface area (Å²) in [7, 11) is 8.47. The number of nitrogens with one attached hydrogen (secondary N) is 1. The summed E-state index contributed by atoms with van der Waals surface area (Å²) < 4.78 is 0. The third-order valence-electron chi connectivity index (χ3n) is 3.66. The molecule has 0 saturated heterocycles. The predicted molar refractivity (Wildman–Crippen MR) is 97.4 cm³/mol. The molecule has 1 rings (SSSR count). The molecular formula is C16H26B2N2. The molecule has 0 radical (unpaired) electrons. The molecule has 2 nitrogen and oxygen atoms in total. The average molecular weight is 268 g/mol. The van der Waals surface area contributed by atoms with E-state index in [0.717, 1.165) is 18.7 Å². The zero-order valence-corrected chi connectivity index (χ0v) is 13.8. The molecular weight excluding hydrogens is 242 g/mol. The molecule has 1 N–H and O–H groups in total. The van der Waals surface area contributed by atoms with E-state index in [1.54, 1.807) is 0 Å². The molecule has 1 aromatic carbocycles.